The van der Waals surface area contributed by atoms with Crippen LogP contribution in [0.1, 0.15) is 33.6 Å². The molecule has 0 bridgehead atoms. The largest absolute Gasteiger partial charge is 0.131 e. The Morgan fingerprint density at radius 2 is 2.10 bits per heavy atom. The molecule has 1 aliphatic heterocycles. The van der Waals surface area contributed by atoms with Crippen molar-refractivity contribution in [3.05, 3.63) is 10.5 Å². The van der Waals surface area contributed by atoms with Gasteiger partial charge in [0.05, 0.1) is 0 Å². The van der Waals surface area contributed by atoms with E-state index in [0.717, 1.165) is 5.92 Å². The Labute approximate surface area is 68.1 Å². The lowest BCUT2D eigenvalue weighted by Crippen LogP contribution is -2.02. The van der Waals surface area contributed by atoms with E-state index in [1.807, 2.05) is 11.8 Å². The molecule has 0 N–H and O–H groups in total. The van der Waals surface area contributed by atoms with Crippen LogP contribution in [0.5, 0.6) is 0 Å². The maximum absolute atomic E-state index is 2.30. The van der Waals surface area contributed by atoms with Crippen molar-refractivity contribution < 1.29 is 0 Å². The molecule has 10 heavy (non-hydrogen) atoms. The van der Waals surface area contributed by atoms with Gasteiger partial charge in [-0.3, -0.25) is 0 Å². The minimum absolute atomic E-state index is 0.771. The van der Waals surface area contributed by atoms with Gasteiger partial charge in [0, 0.05) is 0 Å². The molecule has 0 amide bonds. The van der Waals surface area contributed by atoms with Crippen LogP contribution in [0.4, 0.5) is 0 Å². The third-order valence-corrected chi connectivity index (χ3v) is 3.25. The summed E-state index contributed by atoms with van der Waals surface area (Å²) >= 11 is 2.03. The molecular weight excluding hydrogens is 140 g/mol. The number of hydrogen-bond acceptors (Lipinski definition) is 1. The molecule has 0 spiro atoms. The Hall–Kier alpha value is 0.0900. The van der Waals surface area contributed by atoms with E-state index in [9.17, 15) is 0 Å². The predicted molar refractivity (Wildman–Crippen MR) is 49.2 cm³/mol. The summed E-state index contributed by atoms with van der Waals surface area (Å²) in [7, 11) is 0. The van der Waals surface area contributed by atoms with E-state index in [-0.39, 0.29) is 0 Å². The molecule has 58 valence electrons. The van der Waals surface area contributed by atoms with Crippen molar-refractivity contribution in [3.63, 3.8) is 0 Å². The SMILES string of the molecule is CC1=C(C(C)C)CCCS1. The zero-order valence-corrected chi connectivity index (χ0v) is 7.92. The smallest absolute Gasteiger partial charge is 0.00203 e. The van der Waals surface area contributed by atoms with E-state index in [4.69, 9.17) is 0 Å². The maximum atomic E-state index is 2.30. The van der Waals surface area contributed by atoms with Gasteiger partial charge in [-0.2, -0.15) is 0 Å². The molecule has 0 aromatic heterocycles. The van der Waals surface area contributed by atoms with Crippen LogP contribution in [0.25, 0.3) is 0 Å². The highest BCUT2D eigenvalue weighted by molar-refractivity contribution is 8.03. The lowest BCUT2D eigenvalue weighted by atomic mass is 9.98. The predicted octanol–water partition coefficient (Wildman–Crippen LogP) is 3.44. The summed E-state index contributed by atoms with van der Waals surface area (Å²) in [6.45, 7) is 6.86. The lowest BCUT2D eigenvalue weighted by molar-refractivity contribution is 0.694. The molecule has 0 unspecified atom stereocenters. The van der Waals surface area contributed by atoms with Crippen molar-refractivity contribution in [3.8, 4) is 0 Å². The summed E-state index contributed by atoms with van der Waals surface area (Å²) < 4.78 is 0. The summed E-state index contributed by atoms with van der Waals surface area (Å²) in [5.74, 6) is 2.11. The van der Waals surface area contributed by atoms with Crippen molar-refractivity contribution >= 4 is 11.8 Å². The van der Waals surface area contributed by atoms with Crippen LogP contribution in [-0.4, -0.2) is 5.75 Å². The zero-order valence-electron chi connectivity index (χ0n) is 7.11. The number of hydrogen-bond donors (Lipinski definition) is 0. The molecule has 1 aliphatic rings. The van der Waals surface area contributed by atoms with Crippen LogP contribution < -0.4 is 0 Å². The second-order valence-electron chi connectivity index (χ2n) is 3.19. The van der Waals surface area contributed by atoms with Crippen LogP contribution >= 0.6 is 11.8 Å². The average Bonchev–Trinajstić information content (AvgIpc) is 1.88. The molecule has 0 aliphatic carbocycles. The van der Waals surface area contributed by atoms with Crippen LogP contribution in [0.2, 0.25) is 0 Å². The summed E-state index contributed by atoms with van der Waals surface area (Å²) in [6.07, 6.45) is 2.73. The first kappa shape index (κ1) is 8.19. The molecule has 1 heteroatoms. The van der Waals surface area contributed by atoms with E-state index in [1.54, 1.807) is 10.5 Å². The molecule has 1 rings (SSSR count). The molecule has 0 aromatic rings. The van der Waals surface area contributed by atoms with Gasteiger partial charge in [-0.1, -0.05) is 19.4 Å². The standard InChI is InChI=1S/C9H16S/c1-7(2)9-5-4-6-10-8(9)3/h7H,4-6H2,1-3H3. The normalized spacial score (nSPS) is 20.4. The van der Waals surface area contributed by atoms with Gasteiger partial charge in [-0.25, -0.2) is 0 Å². The minimum Gasteiger partial charge on any atom is -0.131 e. The molecule has 0 aromatic carbocycles. The number of rotatable bonds is 1. The highest BCUT2D eigenvalue weighted by Gasteiger charge is 2.11. The van der Waals surface area contributed by atoms with E-state index in [2.05, 4.69) is 20.8 Å². The highest BCUT2D eigenvalue weighted by atomic mass is 32.2. The molecule has 0 fully saturated rings. The second-order valence-corrected chi connectivity index (χ2v) is 4.50. The quantitative estimate of drug-likeness (QED) is 0.560. The van der Waals surface area contributed by atoms with Gasteiger partial charge in [-0.15, -0.1) is 11.8 Å². The van der Waals surface area contributed by atoms with Gasteiger partial charge < -0.3 is 0 Å². The Kier molecular flexibility index (Phi) is 2.84. The lowest BCUT2D eigenvalue weighted by Gasteiger charge is -2.19. The zero-order chi connectivity index (χ0) is 7.56. The summed E-state index contributed by atoms with van der Waals surface area (Å²) in [6, 6.07) is 0. The van der Waals surface area contributed by atoms with Crippen LogP contribution in [-0.2, 0) is 0 Å². The molecule has 0 saturated heterocycles. The fraction of sp³-hybridized carbons (Fsp3) is 0.778. The molecule has 0 atom stereocenters. The third kappa shape index (κ3) is 1.79. The van der Waals surface area contributed by atoms with E-state index in [0.29, 0.717) is 0 Å². The van der Waals surface area contributed by atoms with E-state index < -0.39 is 0 Å². The second kappa shape index (κ2) is 3.47. The van der Waals surface area contributed by atoms with E-state index >= 15 is 0 Å². The Balaban J connectivity index is 2.68. The van der Waals surface area contributed by atoms with Gasteiger partial charge >= 0.3 is 0 Å². The number of allylic oxidation sites excluding steroid dienone is 2. The topological polar surface area (TPSA) is 0 Å². The summed E-state index contributed by atoms with van der Waals surface area (Å²) in [5, 5.41) is 0. The maximum Gasteiger partial charge on any atom is -0.00203 e. The molecule has 1 heterocycles. The Morgan fingerprint density at radius 1 is 1.40 bits per heavy atom. The van der Waals surface area contributed by atoms with Crippen LogP contribution in [0.15, 0.2) is 10.5 Å². The van der Waals surface area contributed by atoms with Crippen molar-refractivity contribution in [1.82, 2.24) is 0 Å². The Bertz CT molecular complexity index is 145. The van der Waals surface area contributed by atoms with Gasteiger partial charge in [0.2, 0.25) is 0 Å². The van der Waals surface area contributed by atoms with Gasteiger partial charge in [0.15, 0.2) is 0 Å². The first-order valence-electron chi connectivity index (χ1n) is 4.04. The van der Waals surface area contributed by atoms with Crippen molar-refractivity contribution in [2.45, 2.75) is 33.6 Å². The molecule has 0 nitrogen and oxygen atoms in total. The van der Waals surface area contributed by atoms with Gasteiger partial charge in [-0.05, 0) is 36.3 Å². The highest BCUT2D eigenvalue weighted by Crippen LogP contribution is 2.33. The first-order valence-corrected chi connectivity index (χ1v) is 5.03. The van der Waals surface area contributed by atoms with E-state index in [1.165, 1.54) is 18.6 Å². The molecule has 0 saturated carbocycles. The molecule has 0 radical (unpaired) electrons. The van der Waals surface area contributed by atoms with Crippen LogP contribution in [0.3, 0.4) is 0 Å². The molecular formula is C9H16S. The Morgan fingerprint density at radius 3 is 2.50 bits per heavy atom. The van der Waals surface area contributed by atoms with Crippen molar-refractivity contribution in [1.29, 1.82) is 0 Å². The minimum atomic E-state index is 0.771. The third-order valence-electron chi connectivity index (χ3n) is 2.06. The van der Waals surface area contributed by atoms with Crippen molar-refractivity contribution in [2.75, 3.05) is 5.75 Å². The monoisotopic (exact) mass is 156 g/mol. The first-order chi connectivity index (χ1) is 4.72. The average molecular weight is 156 g/mol. The van der Waals surface area contributed by atoms with Crippen LogP contribution in [0, 0.1) is 5.92 Å². The fourth-order valence-corrected chi connectivity index (χ4v) is 2.57. The number of thioether (sulfide) groups is 1. The van der Waals surface area contributed by atoms with Crippen molar-refractivity contribution in [2.24, 2.45) is 5.92 Å². The summed E-state index contributed by atoms with van der Waals surface area (Å²) in [4.78, 5) is 1.58. The van der Waals surface area contributed by atoms with Gasteiger partial charge in [0.25, 0.3) is 0 Å². The van der Waals surface area contributed by atoms with Gasteiger partial charge in [0.1, 0.15) is 0 Å². The fourth-order valence-electron chi connectivity index (χ4n) is 1.45. The summed E-state index contributed by atoms with van der Waals surface area (Å²) in [5.41, 5.74) is 1.69.